The smallest absolute Gasteiger partial charge is 0.312 e. The van der Waals surface area contributed by atoms with E-state index < -0.39 is 23.8 Å². The van der Waals surface area contributed by atoms with E-state index in [-0.39, 0.29) is 23.3 Å². The van der Waals surface area contributed by atoms with Gasteiger partial charge < -0.3 is 16.0 Å². The molecular weight excluding hydrogens is 282 g/mol. The second kappa shape index (κ2) is 5.25. The van der Waals surface area contributed by atoms with Crippen LogP contribution in [0.4, 0.5) is 0 Å². The lowest BCUT2D eigenvalue weighted by molar-refractivity contribution is -0.149. The van der Waals surface area contributed by atoms with E-state index in [2.05, 4.69) is 19.2 Å². The van der Waals surface area contributed by atoms with Gasteiger partial charge in [0.25, 0.3) is 0 Å². The molecule has 0 bridgehead atoms. The molecule has 0 spiro atoms. The van der Waals surface area contributed by atoms with Gasteiger partial charge in [0.05, 0.1) is 0 Å². The number of nitrogens with one attached hydrogen (secondary N) is 1. The van der Waals surface area contributed by atoms with E-state index in [0.717, 1.165) is 25.7 Å². The predicted molar refractivity (Wildman–Crippen MR) is 80.5 cm³/mol. The lowest BCUT2D eigenvalue weighted by Crippen LogP contribution is -2.53. The summed E-state index contributed by atoms with van der Waals surface area (Å²) in [5, 5.41) is 2.82. The van der Waals surface area contributed by atoms with E-state index in [9.17, 15) is 14.4 Å². The lowest BCUT2D eigenvalue weighted by atomic mass is 9.95. The van der Waals surface area contributed by atoms with Gasteiger partial charge in [0, 0.05) is 12.6 Å². The third kappa shape index (κ3) is 2.38. The molecule has 1 aliphatic heterocycles. The molecule has 122 valence electrons. The monoisotopic (exact) mass is 307 g/mol. The first-order valence-corrected chi connectivity index (χ1v) is 8.25. The van der Waals surface area contributed by atoms with E-state index in [1.54, 1.807) is 0 Å². The highest BCUT2D eigenvalue weighted by molar-refractivity contribution is 6.35. The summed E-state index contributed by atoms with van der Waals surface area (Å²) in [6, 6.07) is -0.546. The van der Waals surface area contributed by atoms with Crippen molar-refractivity contribution in [3.8, 4) is 0 Å². The van der Waals surface area contributed by atoms with Crippen molar-refractivity contribution in [3.63, 3.8) is 0 Å². The summed E-state index contributed by atoms with van der Waals surface area (Å²) in [6.45, 7) is 4.63. The number of carbonyl (C=O) groups excluding carboxylic acids is 3. The number of nitrogens with two attached hydrogens (primary N) is 1. The Morgan fingerprint density at radius 2 is 1.77 bits per heavy atom. The fraction of sp³-hybridized carbons (Fsp3) is 0.812. The molecular formula is C16H25N3O3. The molecule has 2 saturated carbocycles. The summed E-state index contributed by atoms with van der Waals surface area (Å²) in [6.07, 6.45) is 5.22. The van der Waals surface area contributed by atoms with Gasteiger partial charge in [-0.25, -0.2) is 0 Å². The summed E-state index contributed by atoms with van der Waals surface area (Å²) in [5.41, 5.74) is 5.52. The Morgan fingerprint density at radius 1 is 1.14 bits per heavy atom. The van der Waals surface area contributed by atoms with Crippen LogP contribution in [-0.4, -0.2) is 41.2 Å². The molecule has 3 atom stereocenters. The van der Waals surface area contributed by atoms with Crippen LogP contribution in [0.25, 0.3) is 0 Å². The molecule has 3 amide bonds. The second-order valence-corrected chi connectivity index (χ2v) is 7.57. The molecule has 3 N–H and O–H groups in total. The first kappa shape index (κ1) is 15.3. The number of carbonyl (C=O) groups is 3. The number of amides is 3. The standard InChI is InChI=1S/C16H25N3O3/c1-16(2)10-8-19(12(11(10)16)13(17)20)15(22)14(21)18-9-6-4-3-5-7-9/h9-12H,3-8H2,1-2H3,(H2,17,20)(H,18,21)/t10-,11-,12-/m0/s1. The highest BCUT2D eigenvalue weighted by Crippen LogP contribution is 2.64. The SMILES string of the molecule is CC1(C)[C@@H]2[C@@H](C(N)=O)N(C(=O)C(=O)NC3CCCCC3)C[C@@H]21. The number of piperidine rings is 1. The molecule has 6 heteroatoms. The molecule has 3 rings (SSSR count). The molecule has 3 aliphatic rings. The van der Waals surface area contributed by atoms with Crippen LogP contribution in [0.15, 0.2) is 0 Å². The fourth-order valence-electron chi connectivity index (χ4n) is 4.45. The average Bonchev–Trinajstić information content (AvgIpc) is 2.86. The van der Waals surface area contributed by atoms with Gasteiger partial charge in [0.1, 0.15) is 6.04 Å². The van der Waals surface area contributed by atoms with E-state index in [4.69, 9.17) is 5.73 Å². The van der Waals surface area contributed by atoms with Crippen LogP contribution in [-0.2, 0) is 14.4 Å². The molecule has 1 heterocycles. The zero-order valence-corrected chi connectivity index (χ0v) is 13.3. The molecule has 0 aromatic rings. The number of rotatable bonds is 2. The Bertz CT molecular complexity index is 511. The highest BCUT2D eigenvalue weighted by Gasteiger charge is 2.69. The zero-order chi connectivity index (χ0) is 16.1. The predicted octanol–water partition coefficient (Wildman–Crippen LogP) is 0.404. The van der Waals surface area contributed by atoms with Gasteiger partial charge in [-0.1, -0.05) is 33.1 Å². The minimum Gasteiger partial charge on any atom is -0.368 e. The van der Waals surface area contributed by atoms with Crippen molar-refractivity contribution in [2.45, 2.75) is 58.0 Å². The number of hydrogen-bond donors (Lipinski definition) is 2. The van der Waals surface area contributed by atoms with Crippen molar-refractivity contribution < 1.29 is 14.4 Å². The van der Waals surface area contributed by atoms with Crippen LogP contribution < -0.4 is 11.1 Å². The molecule has 3 fully saturated rings. The first-order chi connectivity index (χ1) is 10.3. The second-order valence-electron chi connectivity index (χ2n) is 7.57. The van der Waals surface area contributed by atoms with E-state index in [1.165, 1.54) is 11.3 Å². The first-order valence-electron chi connectivity index (χ1n) is 8.25. The van der Waals surface area contributed by atoms with E-state index >= 15 is 0 Å². The summed E-state index contributed by atoms with van der Waals surface area (Å²) in [7, 11) is 0. The molecule has 0 aromatic heterocycles. The molecule has 2 aliphatic carbocycles. The summed E-state index contributed by atoms with van der Waals surface area (Å²) in [5.74, 6) is -1.32. The van der Waals surface area contributed by atoms with Gasteiger partial charge in [-0.3, -0.25) is 14.4 Å². The maximum Gasteiger partial charge on any atom is 0.312 e. The van der Waals surface area contributed by atoms with Crippen molar-refractivity contribution in [2.24, 2.45) is 23.0 Å². The molecule has 1 saturated heterocycles. The van der Waals surface area contributed by atoms with Crippen LogP contribution in [0.3, 0.4) is 0 Å². The number of fused-ring (bicyclic) bond motifs is 1. The largest absolute Gasteiger partial charge is 0.368 e. The van der Waals surface area contributed by atoms with Gasteiger partial charge in [-0.2, -0.15) is 0 Å². The van der Waals surface area contributed by atoms with Crippen molar-refractivity contribution in [1.82, 2.24) is 10.2 Å². The van der Waals surface area contributed by atoms with Crippen LogP contribution in [0.5, 0.6) is 0 Å². The molecule has 0 aromatic carbocycles. The number of likely N-dealkylation sites (tertiary alicyclic amines) is 1. The van der Waals surface area contributed by atoms with Gasteiger partial charge >= 0.3 is 11.8 Å². The Kier molecular flexibility index (Phi) is 3.65. The van der Waals surface area contributed by atoms with E-state index in [0.29, 0.717) is 6.54 Å². The topological polar surface area (TPSA) is 92.5 Å². The van der Waals surface area contributed by atoms with Gasteiger partial charge in [0.2, 0.25) is 5.91 Å². The maximum atomic E-state index is 12.4. The molecule has 0 unspecified atom stereocenters. The van der Waals surface area contributed by atoms with Crippen molar-refractivity contribution in [1.29, 1.82) is 0 Å². The normalized spacial score (nSPS) is 33.2. The van der Waals surface area contributed by atoms with Gasteiger partial charge in [0.15, 0.2) is 0 Å². The highest BCUT2D eigenvalue weighted by atomic mass is 16.2. The van der Waals surface area contributed by atoms with Gasteiger partial charge in [-0.05, 0) is 30.1 Å². The van der Waals surface area contributed by atoms with Crippen LogP contribution in [0, 0.1) is 17.3 Å². The van der Waals surface area contributed by atoms with Crippen molar-refractivity contribution >= 4 is 17.7 Å². The minimum absolute atomic E-state index is 0.0380. The average molecular weight is 307 g/mol. The Morgan fingerprint density at radius 3 is 2.36 bits per heavy atom. The number of nitrogens with zero attached hydrogens (tertiary/aromatic N) is 1. The van der Waals surface area contributed by atoms with Gasteiger partial charge in [-0.15, -0.1) is 0 Å². The Hall–Kier alpha value is -1.59. The molecule has 22 heavy (non-hydrogen) atoms. The lowest BCUT2D eigenvalue weighted by Gasteiger charge is -2.29. The Balaban J connectivity index is 1.64. The summed E-state index contributed by atoms with van der Waals surface area (Å²) >= 11 is 0. The number of hydrogen-bond acceptors (Lipinski definition) is 3. The van der Waals surface area contributed by atoms with Crippen molar-refractivity contribution in [2.75, 3.05) is 6.54 Å². The van der Waals surface area contributed by atoms with Crippen LogP contribution in [0.2, 0.25) is 0 Å². The molecule has 0 radical (unpaired) electrons. The Labute approximate surface area is 130 Å². The third-order valence-corrected chi connectivity index (χ3v) is 5.90. The third-order valence-electron chi connectivity index (χ3n) is 5.90. The summed E-state index contributed by atoms with van der Waals surface area (Å²) in [4.78, 5) is 37.8. The van der Waals surface area contributed by atoms with Crippen molar-refractivity contribution in [3.05, 3.63) is 0 Å². The zero-order valence-electron chi connectivity index (χ0n) is 13.3. The van der Waals surface area contributed by atoms with Crippen LogP contribution in [0.1, 0.15) is 46.0 Å². The van der Waals surface area contributed by atoms with E-state index in [1.807, 2.05) is 0 Å². The fourth-order valence-corrected chi connectivity index (χ4v) is 4.45. The quantitative estimate of drug-likeness (QED) is 0.723. The van der Waals surface area contributed by atoms with Crippen LogP contribution >= 0.6 is 0 Å². The minimum atomic E-state index is -0.635. The molecule has 6 nitrogen and oxygen atoms in total. The summed E-state index contributed by atoms with van der Waals surface area (Å²) < 4.78 is 0. The number of primary amides is 1. The maximum absolute atomic E-state index is 12.4.